The Bertz CT molecular complexity index is 791. The van der Waals surface area contributed by atoms with Gasteiger partial charge >= 0.3 is 0 Å². The SMILES string of the molecule is CNS(=O)(=O)c1ccc(C(=O)/C=C/c2ccc(O)cc2)cc1. The van der Waals surface area contributed by atoms with Gasteiger partial charge in [0.1, 0.15) is 5.75 Å². The number of allylic oxidation sites excluding steroid dienone is 1. The summed E-state index contributed by atoms with van der Waals surface area (Å²) in [6.07, 6.45) is 3.02. The Hall–Kier alpha value is -2.44. The van der Waals surface area contributed by atoms with Gasteiger partial charge in [0, 0.05) is 5.56 Å². The van der Waals surface area contributed by atoms with Gasteiger partial charge < -0.3 is 5.11 Å². The minimum atomic E-state index is -3.50. The average Bonchev–Trinajstić information content (AvgIpc) is 2.54. The third-order valence-corrected chi connectivity index (χ3v) is 4.47. The Balaban J connectivity index is 2.15. The Labute approximate surface area is 129 Å². The van der Waals surface area contributed by atoms with Gasteiger partial charge in [-0.05, 0) is 55.1 Å². The van der Waals surface area contributed by atoms with Crippen molar-refractivity contribution in [2.24, 2.45) is 0 Å². The van der Waals surface area contributed by atoms with E-state index in [2.05, 4.69) is 4.72 Å². The molecule has 0 aromatic heterocycles. The molecule has 0 aliphatic heterocycles. The fourth-order valence-electron chi connectivity index (χ4n) is 1.77. The number of ketones is 1. The van der Waals surface area contributed by atoms with Crippen LogP contribution in [-0.2, 0) is 10.0 Å². The highest BCUT2D eigenvalue weighted by Crippen LogP contribution is 2.13. The molecular formula is C16H15NO4S. The van der Waals surface area contributed by atoms with Gasteiger partial charge in [-0.2, -0.15) is 0 Å². The molecule has 0 radical (unpaired) electrons. The lowest BCUT2D eigenvalue weighted by atomic mass is 10.1. The van der Waals surface area contributed by atoms with E-state index in [4.69, 9.17) is 0 Å². The van der Waals surface area contributed by atoms with Crippen molar-refractivity contribution in [3.05, 3.63) is 65.7 Å². The van der Waals surface area contributed by atoms with Crippen molar-refractivity contribution in [3.8, 4) is 5.75 Å². The Morgan fingerprint density at radius 3 is 2.18 bits per heavy atom. The van der Waals surface area contributed by atoms with Crippen LogP contribution in [0.25, 0.3) is 6.08 Å². The molecule has 5 nitrogen and oxygen atoms in total. The molecule has 2 aromatic rings. The van der Waals surface area contributed by atoms with Gasteiger partial charge in [0.15, 0.2) is 5.78 Å². The van der Waals surface area contributed by atoms with E-state index in [1.807, 2.05) is 0 Å². The fourth-order valence-corrected chi connectivity index (χ4v) is 2.50. The lowest BCUT2D eigenvalue weighted by Gasteiger charge is -2.02. The molecule has 0 saturated heterocycles. The monoisotopic (exact) mass is 317 g/mol. The number of phenols is 1. The molecule has 0 heterocycles. The molecule has 0 spiro atoms. The summed E-state index contributed by atoms with van der Waals surface area (Å²) in [4.78, 5) is 12.1. The first-order valence-electron chi connectivity index (χ1n) is 6.47. The molecule has 0 aliphatic rings. The number of aromatic hydroxyl groups is 1. The number of sulfonamides is 1. The van der Waals surface area contributed by atoms with E-state index >= 15 is 0 Å². The second-order valence-electron chi connectivity index (χ2n) is 4.52. The van der Waals surface area contributed by atoms with Crippen LogP contribution in [0.1, 0.15) is 15.9 Å². The van der Waals surface area contributed by atoms with Crippen molar-refractivity contribution in [2.45, 2.75) is 4.90 Å². The molecule has 2 N–H and O–H groups in total. The first-order chi connectivity index (χ1) is 10.4. The number of rotatable bonds is 5. The molecule has 0 fully saturated rings. The van der Waals surface area contributed by atoms with Crippen LogP contribution < -0.4 is 4.72 Å². The number of hydrogen-bond donors (Lipinski definition) is 2. The molecule has 6 heteroatoms. The lowest BCUT2D eigenvalue weighted by molar-refractivity contribution is 0.104. The normalized spacial score (nSPS) is 11.7. The second-order valence-corrected chi connectivity index (χ2v) is 6.41. The molecule has 0 aliphatic carbocycles. The summed E-state index contributed by atoms with van der Waals surface area (Å²) in [5.41, 5.74) is 1.17. The Morgan fingerprint density at radius 1 is 1.05 bits per heavy atom. The van der Waals surface area contributed by atoms with Crippen molar-refractivity contribution in [2.75, 3.05) is 7.05 Å². The molecule has 22 heavy (non-hydrogen) atoms. The number of phenolic OH excluding ortho intramolecular Hbond substituents is 1. The minimum absolute atomic E-state index is 0.106. The third kappa shape index (κ3) is 3.81. The lowest BCUT2D eigenvalue weighted by Crippen LogP contribution is -2.18. The van der Waals surface area contributed by atoms with E-state index in [1.54, 1.807) is 18.2 Å². The molecule has 0 unspecified atom stereocenters. The van der Waals surface area contributed by atoms with Crippen LogP contribution in [0.4, 0.5) is 0 Å². The van der Waals surface area contributed by atoms with Crippen LogP contribution in [0, 0.1) is 0 Å². The summed E-state index contributed by atoms with van der Waals surface area (Å²) < 4.78 is 25.4. The highest BCUT2D eigenvalue weighted by Gasteiger charge is 2.11. The number of carbonyl (C=O) groups is 1. The maximum Gasteiger partial charge on any atom is 0.240 e. The molecule has 2 rings (SSSR count). The van der Waals surface area contributed by atoms with E-state index < -0.39 is 10.0 Å². The molecule has 114 valence electrons. The van der Waals surface area contributed by atoms with Gasteiger partial charge in [-0.25, -0.2) is 13.1 Å². The molecule has 2 aromatic carbocycles. The first-order valence-corrected chi connectivity index (χ1v) is 7.96. The van der Waals surface area contributed by atoms with Gasteiger partial charge in [-0.15, -0.1) is 0 Å². The van der Waals surface area contributed by atoms with E-state index in [1.165, 1.54) is 49.5 Å². The zero-order valence-corrected chi connectivity index (χ0v) is 12.7. The maximum absolute atomic E-state index is 12.0. The number of nitrogens with one attached hydrogen (secondary N) is 1. The van der Waals surface area contributed by atoms with Crippen molar-refractivity contribution in [1.82, 2.24) is 4.72 Å². The zero-order chi connectivity index (χ0) is 16.2. The van der Waals surface area contributed by atoms with Gasteiger partial charge in [0.2, 0.25) is 10.0 Å². The number of hydrogen-bond acceptors (Lipinski definition) is 4. The summed E-state index contributed by atoms with van der Waals surface area (Å²) >= 11 is 0. The van der Waals surface area contributed by atoms with Crippen molar-refractivity contribution in [1.29, 1.82) is 0 Å². The molecule has 0 atom stereocenters. The van der Waals surface area contributed by atoms with E-state index in [9.17, 15) is 18.3 Å². The highest BCUT2D eigenvalue weighted by molar-refractivity contribution is 7.89. The minimum Gasteiger partial charge on any atom is -0.508 e. The van der Waals surface area contributed by atoms with Crippen LogP contribution >= 0.6 is 0 Å². The predicted octanol–water partition coefficient (Wildman–Crippen LogP) is 2.20. The van der Waals surface area contributed by atoms with Crippen molar-refractivity contribution in [3.63, 3.8) is 0 Å². The van der Waals surface area contributed by atoms with Crippen LogP contribution in [0.3, 0.4) is 0 Å². The molecule has 0 saturated carbocycles. The summed E-state index contributed by atoms with van der Waals surface area (Å²) in [7, 11) is -2.17. The van der Waals surface area contributed by atoms with E-state index in [0.717, 1.165) is 5.56 Å². The van der Waals surface area contributed by atoms with Gasteiger partial charge in [-0.1, -0.05) is 18.2 Å². The van der Waals surface area contributed by atoms with E-state index in [0.29, 0.717) is 5.56 Å². The highest BCUT2D eigenvalue weighted by atomic mass is 32.2. The van der Waals surface area contributed by atoms with Crippen LogP contribution in [0.5, 0.6) is 5.75 Å². The van der Waals surface area contributed by atoms with Crippen LogP contribution in [-0.4, -0.2) is 26.4 Å². The number of benzene rings is 2. The third-order valence-electron chi connectivity index (χ3n) is 3.04. The average molecular weight is 317 g/mol. The summed E-state index contributed by atoms with van der Waals surface area (Å²) in [6, 6.07) is 12.1. The fraction of sp³-hybridized carbons (Fsp3) is 0.0625. The molecule has 0 bridgehead atoms. The summed E-state index contributed by atoms with van der Waals surface area (Å²) in [5.74, 6) is -0.0775. The van der Waals surface area contributed by atoms with Gasteiger partial charge in [0.05, 0.1) is 4.90 Å². The maximum atomic E-state index is 12.0. The van der Waals surface area contributed by atoms with Crippen molar-refractivity contribution < 1.29 is 18.3 Å². The standard InChI is InChI=1S/C16H15NO4S/c1-17-22(20,21)15-9-5-13(6-10-15)16(19)11-4-12-2-7-14(18)8-3-12/h2-11,17-18H,1H3/b11-4+. The quantitative estimate of drug-likeness (QED) is 0.654. The summed E-state index contributed by atoms with van der Waals surface area (Å²) in [6.45, 7) is 0. The molecular weight excluding hydrogens is 302 g/mol. The zero-order valence-electron chi connectivity index (χ0n) is 11.9. The Morgan fingerprint density at radius 2 is 1.64 bits per heavy atom. The Kier molecular flexibility index (Phi) is 4.75. The van der Waals surface area contributed by atoms with Crippen LogP contribution in [0.15, 0.2) is 59.5 Å². The topological polar surface area (TPSA) is 83.5 Å². The first kappa shape index (κ1) is 15.9. The summed E-state index contributed by atoms with van der Waals surface area (Å²) in [5, 5.41) is 9.18. The van der Waals surface area contributed by atoms with Crippen LogP contribution in [0.2, 0.25) is 0 Å². The van der Waals surface area contributed by atoms with Crippen molar-refractivity contribution >= 4 is 21.9 Å². The predicted molar refractivity (Wildman–Crippen MR) is 84.2 cm³/mol. The van der Waals surface area contributed by atoms with Gasteiger partial charge in [-0.3, -0.25) is 4.79 Å². The smallest absolute Gasteiger partial charge is 0.240 e. The van der Waals surface area contributed by atoms with E-state index in [-0.39, 0.29) is 16.4 Å². The second kappa shape index (κ2) is 6.55. The largest absolute Gasteiger partial charge is 0.508 e. The van der Waals surface area contributed by atoms with Gasteiger partial charge in [0.25, 0.3) is 0 Å². The number of carbonyl (C=O) groups excluding carboxylic acids is 1. The molecule has 0 amide bonds.